The average Bonchev–Trinajstić information content (AvgIpc) is 2.88. The first-order valence-corrected chi connectivity index (χ1v) is 6.91. The van der Waals surface area contributed by atoms with Gasteiger partial charge in [-0.3, -0.25) is 10.2 Å². The van der Waals surface area contributed by atoms with Gasteiger partial charge in [-0.15, -0.1) is 11.3 Å². The number of rotatable bonds is 4. The number of hydrogen-bond donors (Lipinski definition) is 2. The average molecular weight is 317 g/mol. The quantitative estimate of drug-likeness (QED) is 0.517. The largest absolute Gasteiger partial charge is 0.487 e. The number of ether oxygens (including phenoxy) is 1. The Kier molecular flexibility index (Phi) is 4.66. The zero-order valence-electron chi connectivity index (χ0n) is 9.65. The summed E-state index contributed by atoms with van der Waals surface area (Å²) in [7, 11) is 0. The van der Waals surface area contributed by atoms with Gasteiger partial charge in [-0.05, 0) is 23.6 Å². The van der Waals surface area contributed by atoms with Crippen molar-refractivity contribution in [3.8, 4) is 5.75 Å². The molecular formula is C12H10Cl2N2O2S. The van der Waals surface area contributed by atoms with E-state index in [2.05, 4.69) is 5.43 Å². The van der Waals surface area contributed by atoms with Crippen molar-refractivity contribution in [1.29, 1.82) is 0 Å². The van der Waals surface area contributed by atoms with Gasteiger partial charge < -0.3 is 4.74 Å². The molecule has 0 aliphatic carbocycles. The molecule has 19 heavy (non-hydrogen) atoms. The van der Waals surface area contributed by atoms with Crippen molar-refractivity contribution in [3.05, 3.63) is 50.1 Å². The number of hydrazine groups is 1. The summed E-state index contributed by atoms with van der Waals surface area (Å²) < 4.78 is 5.57. The molecule has 2 aromatic rings. The summed E-state index contributed by atoms with van der Waals surface area (Å²) in [5, 5.41) is 2.57. The normalized spacial score (nSPS) is 10.3. The number of nitrogens with two attached hydrogens (primary N) is 1. The number of carbonyl (C=O) groups is 1. The van der Waals surface area contributed by atoms with Crippen LogP contribution in [0.3, 0.4) is 0 Å². The van der Waals surface area contributed by atoms with Gasteiger partial charge in [0.15, 0.2) is 0 Å². The van der Waals surface area contributed by atoms with E-state index in [1.54, 1.807) is 29.6 Å². The predicted molar refractivity (Wildman–Crippen MR) is 76.8 cm³/mol. The monoisotopic (exact) mass is 316 g/mol. The minimum absolute atomic E-state index is 0.215. The van der Waals surface area contributed by atoms with E-state index in [4.69, 9.17) is 33.8 Å². The molecule has 0 spiro atoms. The van der Waals surface area contributed by atoms with Crippen molar-refractivity contribution in [3.63, 3.8) is 0 Å². The number of carbonyl (C=O) groups excluding carboxylic acids is 1. The molecular weight excluding hydrogens is 307 g/mol. The molecule has 100 valence electrons. The van der Waals surface area contributed by atoms with Gasteiger partial charge in [-0.2, -0.15) is 0 Å². The highest BCUT2D eigenvalue weighted by molar-refractivity contribution is 7.12. The second-order valence-electron chi connectivity index (χ2n) is 3.59. The lowest BCUT2D eigenvalue weighted by molar-refractivity contribution is 0.0955. The van der Waals surface area contributed by atoms with Gasteiger partial charge in [-0.1, -0.05) is 29.3 Å². The Morgan fingerprint density at radius 1 is 1.37 bits per heavy atom. The summed E-state index contributed by atoms with van der Waals surface area (Å²) in [6.07, 6.45) is 0. The fraction of sp³-hybridized carbons (Fsp3) is 0.0833. The van der Waals surface area contributed by atoms with Crippen molar-refractivity contribution < 1.29 is 9.53 Å². The van der Waals surface area contributed by atoms with Crippen molar-refractivity contribution in [1.82, 2.24) is 5.43 Å². The highest BCUT2D eigenvalue weighted by atomic mass is 35.5. The van der Waals surface area contributed by atoms with E-state index in [0.717, 1.165) is 5.56 Å². The molecule has 3 N–H and O–H groups in total. The van der Waals surface area contributed by atoms with Crippen molar-refractivity contribution >= 4 is 40.4 Å². The van der Waals surface area contributed by atoms with E-state index < -0.39 is 0 Å². The summed E-state index contributed by atoms with van der Waals surface area (Å²) in [5.74, 6) is 5.24. The van der Waals surface area contributed by atoms with Crippen LogP contribution in [0.4, 0.5) is 0 Å². The molecule has 1 heterocycles. The van der Waals surface area contributed by atoms with Crippen LogP contribution in [0.25, 0.3) is 0 Å². The zero-order chi connectivity index (χ0) is 13.8. The lowest BCUT2D eigenvalue weighted by Crippen LogP contribution is -2.30. The smallest absolute Gasteiger partial charge is 0.275 e. The van der Waals surface area contributed by atoms with Gasteiger partial charge >= 0.3 is 0 Å². The molecule has 7 heteroatoms. The molecule has 0 saturated heterocycles. The Morgan fingerprint density at radius 2 is 2.16 bits per heavy atom. The van der Waals surface area contributed by atoms with Crippen molar-refractivity contribution in [2.24, 2.45) is 5.84 Å². The third kappa shape index (κ3) is 3.19. The predicted octanol–water partition coefficient (Wildman–Crippen LogP) is 3.24. The molecule has 0 bridgehead atoms. The zero-order valence-corrected chi connectivity index (χ0v) is 12.0. The van der Waals surface area contributed by atoms with Crippen LogP contribution in [0.15, 0.2) is 29.6 Å². The maximum atomic E-state index is 11.5. The van der Waals surface area contributed by atoms with E-state index in [0.29, 0.717) is 20.7 Å². The summed E-state index contributed by atoms with van der Waals surface area (Å²) in [4.78, 5) is 12.0. The molecule has 0 unspecified atom stereocenters. The van der Waals surface area contributed by atoms with Crippen LogP contribution in [0.5, 0.6) is 5.75 Å². The molecule has 2 rings (SSSR count). The number of nitrogen functional groups attached to an aromatic ring is 1. The highest BCUT2D eigenvalue weighted by Gasteiger charge is 2.13. The second-order valence-corrected chi connectivity index (χ2v) is 5.29. The summed E-state index contributed by atoms with van der Waals surface area (Å²) in [6.45, 7) is 0.215. The van der Waals surface area contributed by atoms with Crippen molar-refractivity contribution in [2.75, 3.05) is 0 Å². The fourth-order valence-electron chi connectivity index (χ4n) is 1.47. The molecule has 1 aromatic heterocycles. The van der Waals surface area contributed by atoms with E-state index in [9.17, 15) is 4.79 Å². The van der Waals surface area contributed by atoms with Crippen LogP contribution in [0, 0.1) is 0 Å². The second kappa shape index (κ2) is 6.25. The lowest BCUT2D eigenvalue weighted by atomic mass is 10.2. The molecule has 0 atom stereocenters. The lowest BCUT2D eigenvalue weighted by Gasteiger charge is -2.09. The molecule has 1 amide bonds. The summed E-state index contributed by atoms with van der Waals surface area (Å²) in [5.41, 5.74) is 2.84. The number of nitrogens with one attached hydrogen (secondary N) is 1. The van der Waals surface area contributed by atoms with E-state index in [1.807, 2.05) is 0 Å². The number of hydrogen-bond acceptors (Lipinski definition) is 4. The van der Waals surface area contributed by atoms with Gasteiger partial charge in [0, 0.05) is 5.56 Å². The molecule has 0 saturated carbocycles. The first kappa shape index (κ1) is 14.1. The Bertz CT molecular complexity index is 601. The molecule has 4 nitrogen and oxygen atoms in total. The topological polar surface area (TPSA) is 64.3 Å². The number of amides is 1. The molecule has 0 radical (unpaired) electrons. The molecule has 1 aromatic carbocycles. The Labute approximate surface area is 124 Å². The van der Waals surface area contributed by atoms with Crippen LogP contribution in [0.2, 0.25) is 10.0 Å². The maximum absolute atomic E-state index is 11.5. The Balaban J connectivity index is 2.13. The Hall–Kier alpha value is -1.27. The SMILES string of the molecule is NNC(=O)c1sccc1COc1cccc(Cl)c1Cl. The van der Waals surface area contributed by atoms with Gasteiger partial charge in [0.25, 0.3) is 5.91 Å². The van der Waals surface area contributed by atoms with E-state index >= 15 is 0 Å². The number of thiophene rings is 1. The molecule has 0 fully saturated rings. The van der Waals surface area contributed by atoms with E-state index in [1.165, 1.54) is 11.3 Å². The molecule has 0 aliphatic heterocycles. The fourth-order valence-corrected chi connectivity index (χ4v) is 2.62. The van der Waals surface area contributed by atoms with Gasteiger partial charge in [0.05, 0.1) is 9.90 Å². The highest BCUT2D eigenvalue weighted by Crippen LogP contribution is 2.32. The summed E-state index contributed by atoms with van der Waals surface area (Å²) >= 11 is 13.2. The third-order valence-corrected chi connectivity index (χ3v) is 4.14. The third-order valence-electron chi connectivity index (χ3n) is 2.38. The van der Waals surface area contributed by atoms with Crippen LogP contribution >= 0.6 is 34.5 Å². The van der Waals surface area contributed by atoms with Crippen LogP contribution in [-0.4, -0.2) is 5.91 Å². The van der Waals surface area contributed by atoms with Gasteiger partial charge in [-0.25, -0.2) is 5.84 Å². The number of halogens is 2. The molecule has 0 aliphatic rings. The van der Waals surface area contributed by atoms with Crippen molar-refractivity contribution in [2.45, 2.75) is 6.61 Å². The first-order chi connectivity index (χ1) is 9.13. The number of benzene rings is 1. The van der Waals surface area contributed by atoms with Crippen LogP contribution < -0.4 is 16.0 Å². The minimum atomic E-state index is -0.342. The van der Waals surface area contributed by atoms with Gasteiger partial charge in [0.1, 0.15) is 17.4 Å². The Morgan fingerprint density at radius 3 is 2.89 bits per heavy atom. The van der Waals surface area contributed by atoms with Crippen LogP contribution in [0.1, 0.15) is 15.2 Å². The maximum Gasteiger partial charge on any atom is 0.275 e. The first-order valence-electron chi connectivity index (χ1n) is 5.27. The standard InChI is InChI=1S/C12H10Cl2N2O2S/c13-8-2-1-3-9(10(8)14)18-6-7-4-5-19-11(7)12(17)16-15/h1-5H,6,15H2,(H,16,17). The van der Waals surface area contributed by atoms with Crippen LogP contribution in [-0.2, 0) is 6.61 Å². The minimum Gasteiger partial charge on any atom is -0.487 e. The van der Waals surface area contributed by atoms with Gasteiger partial charge in [0.2, 0.25) is 0 Å². The summed E-state index contributed by atoms with van der Waals surface area (Å²) in [6, 6.07) is 6.93. The van der Waals surface area contributed by atoms with E-state index in [-0.39, 0.29) is 12.5 Å².